The van der Waals surface area contributed by atoms with Crippen LogP contribution in [0.5, 0.6) is 0 Å². The van der Waals surface area contributed by atoms with Crippen LogP contribution in [0.3, 0.4) is 0 Å². The molecule has 0 aliphatic carbocycles. The third-order valence-corrected chi connectivity index (χ3v) is 5.51. The lowest BCUT2D eigenvalue weighted by atomic mass is 10.1. The summed E-state index contributed by atoms with van der Waals surface area (Å²) in [7, 11) is 0. The van der Waals surface area contributed by atoms with E-state index in [-0.39, 0.29) is 5.91 Å². The van der Waals surface area contributed by atoms with E-state index in [2.05, 4.69) is 21.7 Å². The summed E-state index contributed by atoms with van der Waals surface area (Å²) in [5.74, 6) is 6.22. The lowest BCUT2D eigenvalue weighted by Crippen LogP contribution is -2.60. The Morgan fingerprint density at radius 1 is 1.12 bits per heavy atom. The fourth-order valence-electron chi connectivity index (χ4n) is 3.19. The number of likely N-dealkylation sites (tertiary alicyclic amines) is 2. The summed E-state index contributed by atoms with van der Waals surface area (Å²) in [5, 5.41) is 0.693. The molecule has 2 aromatic rings. The Kier molecular flexibility index (Phi) is 4.33. The Balaban J connectivity index is 1.37. The monoisotopic (exact) mass is 337 g/mol. The quantitative estimate of drug-likeness (QED) is 0.790. The van der Waals surface area contributed by atoms with E-state index in [1.165, 1.54) is 37.3 Å². The van der Waals surface area contributed by atoms with Crippen LogP contribution in [0.4, 0.5) is 0 Å². The summed E-state index contributed by atoms with van der Waals surface area (Å²) in [6.45, 7) is 4.07. The summed E-state index contributed by atoms with van der Waals surface area (Å²) in [4.78, 5) is 21.9. The molecule has 1 aromatic heterocycles. The van der Waals surface area contributed by atoms with Crippen LogP contribution in [0.1, 0.15) is 33.1 Å². The number of amides is 1. The van der Waals surface area contributed by atoms with Crippen molar-refractivity contribution in [2.45, 2.75) is 18.9 Å². The van der Waals surface area contributed by atoms with Gasteiger partial charge in [-0.3, -0.25) is 9.69 Å². The maximum Gasteiger partial charge on any atom is 0.265 e. The SMILES string of the molecule is O=C(c1cnc(C#Cc2ccccc2)s1)N1CC(N2CCCC2)C1. The van der Waals surface area contributed by atoms with E-state index < -0.39 is 0 Å². The Hall–Kier alpha value is -2.16. The molecule has 1 aromatic carbocycles. The minimum atomic E-state index is 0.0932. The van der Waals surface area contributed by atoms with Crippen molar-refractivity contribution in [2.75, 3.05) is 26.2 Å². The average molecular weight is 337 g/mol. The van der Waals surface area contributed by atoms with E-state index in [0.29, 0.717) is 15.9 Å². The molecule has 0 atom stereocenters. The number of rotatable bonds is 2. The van der Waals surface area contributed by atoms with Crippen molar-refractivity contribution in [3.8, 4) is 11.8 Å². The zero-order valence-electron chi connectivity index (χ0n) is 13.4. The highest BCUT2D eigenvalue weighted by atomic mass is 32.1. The molecule has 4 rings (SSSR count). The predicted octanol–water partition coefficient (Wildman–Crippen LogP) is 2.46. The van der Waals surface area contributed by atoms with Gasteiger partial charge in [-0.1, -0.05) is 24.1 Å². The smallest absolute Gasteiger partial charge is 0.265 e. The number of aromatic nitrogens is 1. The molecule has 0 saturated carbocycles. The lowest BCUT2D eigenvalue weighted by molar-refractivity contribution is 0.0338. The molecule has 0 radical (unpaired) electrons. The van der Waals surface area contributed by atoms with Crippen LogP contribution in [0.2, 0.25) is 0 Å². The highest BCUT2D eigenvalue weighted by Crippen LogP contribution is 2.23. The van der Waals surface area contributed by atoms with Gasteiger partial charge in [-0.15, -0.1) is 11.3 Å². The van der Waals surface area contributed by atoms with Crippen molar-refractivity contribution in [1.29, 1.82) is 0 Å². The van der Waals surface area contributed by atoms with Gasteiger partial charge in [-0.05, 0) is 44.0 Å². The minimum absolute atomic E-state index is 0.0932. The van der Waals surface area contributed by atoms with Gasteiger partial charge in [0.1, 0.15) is 4.88 Å². The van der Waals surface area contributed by atoms with Gasteiger partial charge in [0.2, 0.25) is 0 Å². The largest absolute Gasteiger partial charge is 0.335 e. The normalized spacial score (nSPS) is 18.1. The number of carbonyl (C=O) groups is 1. The molecule has 3 heterocycles. The van der Waals surface area contributed by atoms with Crippen LogP contribution in [0.15, 0.2) is 36.5 Å². The van der Waals surface area contributed by atoms with Crippen molar-refractivity contribution in [1.82, 2.24) is 14.8 Å². The fraction of sp³-hybridized carbons (Fsp3) is 0.368. The Morgan fingerprint density at radius 3 is 2.62 bits per heavy atom. The first-order valence-electron chi connectivity index (χ1n) is 8.36. The molecule has 0 N–H and O–H groups in total. The number of benzene rings is 1. The topological polar surface area (TPSA) is 36.4 Å². The maximum absolute atomic E-state index is 12.5. The number of carbonyl (C=O) groups excluding carboxylic acids is 1. The van der Waals surface area contributed by atoms with Crippen LogP contribution < -0.4 is 0 Å². The van der Waals surface area contributed by atoms with Crippen molar-refractivity contribution in [3.63, 3.8) is 0 Å². The van der Waals surface area contributed by atoms with Crippen LogP contribution in [-0.2, 0) is 0 Å². The van der Waals surface area contributed by atoms with Gasteiger partial charge < -0.3 is 4.90 Å². The van der Waals surface area contributed by atoms with E-state index in [1.807, 2.05) is 35.2 Å². The van der Waals surface area contributed by atoms with E-state index >= 15 is 0 Å². The number of thiazole rings is 1. The molecule has 2 fully saturated rings. The molecule has 24 heavy (non-hydrogen) atoms. The van der Waals surface area contributed by atoms with Crippen LogP contribution >= 0.6 is 11.3 Å². The third kappa shape index (κ3) is 3.21. The van der Waals surface area contributed by atoms with Gasteiger partial charge in [0.05, 0.1) is 6.20 Å². The molecule has 2 aliphatic heterocycles. The molecule has 2 saturated heterocycles. The number of hydrogen-bond donors (Lipinski definition) is 0. The Labute approximate surface area is 146 Å². The summed E-state index contributed by atoms with van der Waals surface area (Å²) in [6.07, 6.45) is 4.25. The third-order valence-electron chi connectivity index (χ3n) is 4.61. The standard InChI is InChI=1S/C19H19N3OS/c23-19(22-13-16(14-22)21-10-4-5-11-21)17-12-20-18(24-17)9-8-15-6-2-1-3-7-15/h1-3,6-7,12,16H,4-5,10-11,13-14H2. The van der Waals surface area contributed by atoms with Crippen molar-refractivity contribution in [3.05, 3.63) is 52.0 Å². The molecular formula is C19H19N3OS. The summed E-state index contributed by atoms with van der Waals surface area (Å²) in [5.41, 5.74) is 0.955. The average Bonchev–Trinajstić information content (AvgIpc) is 3.24. The predicted molar refractivity (Wildman–Crippen MR) is 95.0 cm³/mol. The Bertz CT molecular complexity index is 778. The molecule has 0 bridgehead atoms. The molecule has 0 unspecified atom stereocenters. The van der Waals surface area contributed by atoms with Gasteiger partial charge in [0.25, 0.3) is 5.91 Å². The lowest BCUT2D eigenvalue weighted by Gasteiger charge is -2.43. The summed E-state index contributed by atoms with van der Waals surface area (Å²) < 4.78 is 0. The highest BCUT2D eigenvalue weighted by Gasteiger charge is 2.36. The van der Waals surface area contributed by atoms with E-state index in [9.17, 15) is 4.79 Å². The summed E-state index contributed by atoms with van der Waals surface area (Å²) in [6, 6.07) is 10.4. The summed E-state index contributed by atoms with van der Waals surface area (Å²) >= 11 is 1.38. The van der Waals surface area contributed by atoms with Crippen molar-refractivity contribution < 1.29 is 4.79 Å². The molecule has 5 heteroatoms. The maximum atomic E-state index is 12.5. The second-order valence-corrected chi connectivity index (χ2v) is 7.28. The fourth-order valence-corrected chi connectivity index (χ4v) is 3.93. The van der Waals surface area contributed by atoms with Crippen LogP contribution in [0, 0.1) is 11.8 Å². The molecular weight excluding hydrogens is 318 g/mol. The molecule has 0 spiro atoms. The van der Waals surface area contributed by atoms with Crippen LogP contribution in [0.25, 0.3) is 0 Å². The van der Waals surface area contributed by atoms with Gasteiger partial charge in [0.15, 0.2) is 5.01 Å². The van der Waals surface area contributed by atoms with Crippen molar-refractivity contribution >= 4 is 17.2 Å². The first kappa shape index (κ1) is 15.4. The van der Waals surface area contributed by atoms with Crippen LogP contribution in [-0.4, -0.2) is 52.9 Å². The second-order valence-electron chi connectivity index (χ2n) is 6.25. The van der Waals surface area contributed by atoms with Gasteiger partial charge in [0, 0.05) is 24.7 Å². The first-order valence-corrected chi connectivity index (χ1v) is 9.17. The van der Waals surface area contributed by atoms with E-state index in [0.717, 1.165) is 18.7 Å². The highest BCUT2D eigenvalue weighted by molar-refractivity contribution is 7.14. The molecule has 1 amide bonds. The number of hydrogen-bond acceptors (Lipinski definition) is 4. The zero-order chi connectivity index (χ0) is 16.4. The molecule has 4 nitrogen and oxygen atoms in total. The van der Waals surface area contributed by atoms with Gasteiger partial charge >= 0.3 is 0 Å². The van der Waals surface area contributed by atoms with Crippen molar-refractivity contribution in [2.24, 2.45) is 0 Å². The number of nitrogens with zero attached hydrogens (tertiary/aromatic N) is 3. The van der Waals surface area contributed by atoms with E-state index in [4.69, 9.17) is 0 Å². The Morgan fingerprint density at radius 2 is 1.88 bits per heavy atom. The first-order chi connectivity index (χ1) is 11.8. The van der Waals surface area contributed by atoms with Gasteiger partial charge in [-0.25, -0.2) is 4.98 Å². The molecule has 2 aliphatic rings. The molecule has 122 valence electrons. The minimum Gasteiger partial charge on any atom is -0.335 e. The second kappa shape index (κ2) is 6.76. The zero-order valence-corrected chi connectivity index (χ0v) is 14.3. The van der Waals surface area contributed by atoms with Gasteiger partial charge in [-0.2, -0.15) is 0 Å². The van der Waals surface area contributed by atoms with E-state index in [1.54, 1.807) is 6.20 Å².